The monoisotopic (exact) mass is 464 g/mol. The number of carbonyl (C=O) groups excluding carboxylic acids is 1. The summed E-state index contributed by atoms with van der Waals surface area (Å²) in [5, 5.41) is -0.220. The van der Waals surface area contributed by atoms with E-state index in [1.54, 1.807) is 0 Å². The molecule has 1 saturated carbocycles. The maximum absolute atomic E-state index is 13.4. The second-order valence-corrected chi connectivity index (χ2v) is 10.8. The Morgan fingerprint density at radius 3 is 2.32 bits per heavy atom. The Hall–Kier alpha value is -1.96. The van der Waals surface area contributed by atoms with E-state index in [-0.39, 0.29) is 40.9 Å². The highest BCUT2D eigenvalue weighted by atomic mass is 35.5. The number of benzene rings is 2. The van der Waals surface area contributed by atoms with Crippen LogP contribution in [0, 0.1) is 18.7 Å². The van der Waals surface area contributed by atoms with Crippen LogP contribution in [0.5, 0.6) is 0 Å². The highest BCUT2D eigenvalue weighted by Gasteiger charge is 2.38. The minimum Gasteiger partial charge on any atom is -0.335 e. The largest absolute Gasteiger partial charge is 0.335 e. The van der Waals surface area contributed by atoms with Gasteiger partial charge in [0.15, 0.2) is 0 Å². The highest BCUT2D eigenvalue weighted by molar-refractivity contribution is 7.89. The fraction of sp³-hybridized carbons (Fsp3) is 0.435. The van der Waals surface area contributed by atoms with E-state index in [0.29, 0.717) is 19.4 Å². The van der Waals surface area contributed by atoms with E-state index in [9.17, 15) is 17.6 Å². The topological polar surface area (TPSA) is 57.7 Å². The molecular formula is C23H26ClFN2O3S. The van der Waals surface area contributed by atoms with Crippen molar-refractivity contribution in [1.82, 2.24) is 9.21 Å². The van der Waals surface area contributed by atoms with Gasteiger partial charge in [-0.1, -0.05) is 41.4 Å². The van der Waals surface area contributed by atoms with E-state index in [1.165, 1.54) is 15.9 Å². The molecule has 0 radical (unpaired) electrons. The highest BCUT2D eigenvalue weighted by Crippen LogP contribution is 2.33. The third-order valence-corrected chi connectivity index (χ3v) is 8.26. The summed E-state index contributed by atoms with van der Waals surface area (Å²) in [7, 11) is -3.77. The lowest BCUT2D eigenvalue weighted by Gasteiger charge is -2.34. The summed E-state index contributed by atoms with van der Waals surface area (Å²) in [6.45, 7) is 3.15. The normalized spacial score (nSPS) is 18.2. The number of carbonyl (C=O) groups is 1. The van der Waals surface area contributed by atoms with Gasteiger partial charge in [-0.25, -0.2) is 12.8 Å². The van der Waals surface area contributed by atoms with Crippen LogP contribution < -0.4 is 0 Å². The number of nitrogens with zero attached hydrogens (tertiary/aromatic N) is 2. The summed E-state index contributed by atoms with van der Waals surface area (Å²) < 4.78 is 40.6. The van der Waals surface area contributed by atoms with E-state index < -0.39 is 15.8 Å². The summed E-state index contributed by atoms with van der Waals surface area (Å²) in [5.41, 5.74) is 2.29. The van der Waals surface area contributed by atoms with Gasteiger partial charge in [0, 0.05) is 31.6 Å². The van der Waals surface area contributed by atoms with Gasteiger partial charge in [0.05, 0.1) is 9.92 Å². The molecule has 2 fully saturated rings. The van der Waals surface area contributed by atoms with Gasteiger partial charge in [0.2, 0.25) is 15.9 Å². The lowest BCUT2D eigenvalue weighted by atomic mass is 9.96. The summed E-state index contributed by atoms with van der Waals surface area (Å²) in [5.74, 6) is -0.724. The molecule has 2 aliphatic rings. The minimum absolute atomic E-state index is 0.0253. The molecular weight excluding hydrogens is 439 g/mol. The second kappa shape index (κ2) is 8.88. The van der Waals surface area contributed by atoms with E-state index in [1.807, 2.05) is 11.8 Å². The summed E-state index contributed by atoms with van der Waals surface area (Å²) in [4.78, 5) is 15.2. The van der Waals surface area contributed by atoms with E-state index in [4.69, 9.17) is 11.6 Å². The van der Waals surface area contributed by atoms with Crippen molar-refractivity contribution < 1.29 is 17.6 Å². The summed E-state index contributed by atoms with van der Waals surface area (Å²) in [6, 6.07) is 11.9. The number of aryl methyl sites for hydroxylation is 1. The molecule has 2 aromatic rings. The molecule has 1 heterocycles. The molecule has 0 bridgehead atoms. The zero-order valence-electron chi connectivity index (χ0n) is 17.4. The van der Waals surface area contributed by atoms with Gasteiger partial charge in [0.25, 0.3) is 0 Å². The van der Waals surface area contributed by atoms with Gasteiger partial charge < -0.3 is 4.90 Å². The molecule has 1 aliphatic heterocycles. The number of sulfonamides is 1. The second-order valence-electron chi connectivity index (χ2n) is 8.44. The van der Waals surface area contributed by atoms with Crippen molar-refractivity contribution in [3.05, 3.63) is 64.4 Å². The van der Waals surface area contributed by atoms with Crippen molar-refractivity contribution in [3.8, 4) is 0 Å². The zero-order valence-corrected chi connectivity index (χ0v) is 19.0. The Kier molecular flexibility index (Phi) is 6.37. The lowest BCUT2D eigenvalue weighted by molar-refractivity contribution is -0.138. The molecule has 5 nitrogen and oxygen atoms in total. The summed E-state index contributed by atoms with van der Waals surface area (Å²) >= 11 is 5.76. The maximum Gasteiger partial charge on any atom is 0.243 e. The van der Waals surface area contributed by atoms with Crippen molar-refractivity contribution in [2.24, 2.45) is 5.92 Å². The van der Waals surface area contributed by atoms with Crippen LogP contribution in [-0.4, -0.2) is 42.7 Å². The van der Waals surface area contributed by atoms with Gasteiger partial charge in [-0.05, 0) is 56.4 Å². The summed E-state index contributed by atoms with van der Waals surface area (Å²) in [6.07, 6.45) is 3.00. The first-order valence-corrected chi connectivity index (χ1v) is 12.4. The minimum atomic E-state index is -3.77. The van der Waals surface area contributed by atoms with Gasteiger partial charge in [-0.15, -0.1) is 0 Å². The van der Waals surface area contributed by atoms with Crippen molar-refractivity contribution >= 4 is 27.5 Å². The quantitative estimate of drug-likeness (QED) is 0.637. The number of halogens is 2. The average Bonchev–Trinajstić information content (AvgIpc) is 3.60. The fourth-order valence-corrected chi connectivity index (χ4v) is 5.77. The number of rotatable bonds is 6. The number of hydrogen-bond donors (Lipinski definition) is 0. The van der Waals surface area contributed by atoms with Crippen molar-refractivity contribution in [1.29, 1.82) is 0 Å². The third-order valence-electron chi connectivity index (χ3n) is 6.08. The predicted octanol–water partition coefficient (Wildman–Crippen LogP) is 4.38. The van der Waals surface area contributed by atoms with Crippen LogP contribution in [0.2, 0.25) is 5.02 Å². The molecule has 31 heavy (non-hydrogen) atoms. The van der Waals surface area contributed by atoms with Gasteiger partial charge in [0.1, 0.15) is 5.82 Å². The molecule has 0 spiro atoms. The Bertz CT molecular complexity index is 1060. The zero-order chi connectivity index (χ0) is 22.2. The predicted molar refractivity (Wildman–Crippen MR) is 118 cm³/mol. The van der Waals surface area contributed by atoms with Crippen LogP contribution in [-0.2, 0) is 21.4 Å². The SMILES string of the molecule is Cc1ccc(CN(C(=O)C2CCN(S(=O)(=O)c3ccc(F)c(Cl)c3)CC2)C2CC2)cc1. The van der Waals surface area contributed by atoms with Crippen LogP contribution in [0.4, 0.5) is 4.39 Å². The molecule has 8 heteroatoms. The number of piperidine rings is 1. The molecule has 1 saturated heterocycles. The molecule has 0 atom stereocenters. The first-order valence-electron chi connectivity index (χ1n) is 10.6. The first-order chi connectivity index (χ1) is 14.8. The van der Waals surface area contributed by atoms with E-state index in [0.717, 1.165) is 30.5 Å². The van der Waals surface area contributed by atoms with Crippen molar-refractivity contribution in [3.63, 3.8) is 0 Å². The Morgan fingerprint density at radius 1 is 1.10 bits per heavy atom. The van der Waals surface area contributed by atoms with Gasteiger partial charge >= 0.3 is 0 Å². The van der Waals surface area contributed by atoms with Crippen molar-refractivity contribution in [2.75, 3.05) is 13.1 Å². The van der Waals surface area contributed by atoms with Crippen LogP contribution in [0.1, 0.15) is 36.8 Å². The molecule has 0 N–H and O–H groups in total. The Labute approximate surface area is 187 Å². The smallest absolute Gasteiger partial charge is 0.243 e. The Balaban J connectivity index is 1.41. The van der Waals surface area contributed by atoms with Crippen molar-refractivity contribution in [2.45, 2.75) is 50.1 Å². The molecule has 0 unspecified atom stereocenters. The van der Waals surface area contributed by atoms with Crippen LogP contribution >= 0.6 is 11.6 Å². The molecule has 4 rings (SSSR count). The fourth-order valence-electron chi connectivity index (χ4n) is 4.03. The first kappa shape index (κ1) is 22.2. The third kappa shape index (κ3) is 4.94. The molecule has 166 valence electrons. The number of amides is 1. The number of hydrogen-bond acceptors (Lipinski definition) is 3. The molecule has 1 amide bonds. The average molecular weight is 465 g/mol. The van der Waals surface area contributed by atoms with E-state index >= 15 is 0 Å². The Morgan fingerprint density at radius 2 is 1.74 bits per heavy atom. The maximum atomic E-state index is 13.4. The molecule has 2 aromatic carbocycles. The molecule has 0 aromatic heterocycles. The standard InChI is InChI=1S/C23H26ClFN2O3S/c1-16-2-4-17(5-3-16)15-27(19-6-7-19)23(28)18-10-12-26(13-11-18)31(29,30)20-8-9-22(25)21(24)14-20/h2-5,8-9,14,18-19H,6-7,10-13,15H2,1H3. The van der Waals surface area contributed by atoms with Gasteiger partial charge in [-0.2, -0.15) is 4.31 Å². The lowest BCUT2D eigenvalue weighted by Crippen LogP contribution is -2.44. The van der Waals surface area contributed by atoms with Crippen LogP contribution in [0.25, 0.3) is 0 Å². The van der Waals surface area contributed by atoms with Crippen LogP contribution in [0.15, 0.2) is 47.4 Å². The van der Waals surface area contributed by atoms with Crippen LogP contribution in [0.3, 0.4) is 0 Å². The van der Waals surface area contributed by atoms with Gasteiger partial charge in [-0.3, -0.25) is 4.79 Å². The molecule has 1 aliphatic carbocycles. The van der Waals surface area contributed by atoms with E-state index in [2.05, 4.69) is 24.3 Å².